The fourth-order valence-electron chi connectivity index (χ4n) is 1.82. The van der Waals surface area contributed by atoms with Gasteiger partial charge in [0.15, 0.2) is 0 Å². The van der Waals surface area contributed by atoms with Crippen LogP contribution in [0.15, 0.2) is 22.7 Å². The van der Waals surface area contributed by atoms with Gasteiger partial charge >= 0.3 is 0 Å². The van der Waals surface area contributed by atoms with Crippen molar-refractivity contribution in [1.29, 1.82) is 0 Å². The Balaban J connectivity index is 2.37. The second-order valence-electron chi connectivity index (χ2n) is 5.77. The molecule has 1 atom stereocenters. The second kappa shape index (κ2) is 6.88. The van der Waals surface area contributed by atoms with Crippen LogP contribution in [-0.4, -0.2) is 11.9 Å². The molecule has 0 spiro atoms. The lowest BCUT2D eigenvalue weighted by molar-refractivity contribution is 0.364. The molecule has 1 aromatic carbocycles. The van der Waals surface area contributed by atoms with Crippen molar-refractivity contribution in [3.05, 3.63) is 34.1 Å². The minimum Gasteiger partial charge on any atom is -0.311 e. The van der Waals surface area contributed by atoms with Gasteiger partial charge in [0.2, 0.25) is 0 Å². The summed E-state index contributed by atoms with van der Waals surface area (Å²) >= 11 is 9.53. The van der Waals surface area contributed by atoms with Crippen LogP contribution in [0.2, 0.25) is 0 Å². The van der Waals surface area contributed by atoms with E-state index in [0.717, 1.165) is 23.0 Å². The molecule has 102 valence electrons. The van der Waals surface area contributed by atoms with Crippen LogP contribution in [0.1, 0.15) is 32.8 Å². The summed E-state index contributed by atoms with van der Waals surface area (Å²) in [5.74, 6) is -0.224. The Morgan fingerprint density at radius 1 is 1.33 bits per heavy atom. The maximum Gasteiger partial charge on any atom is 0.124 e. The van der Waals surface area contributed by atoms with E-state index in [1.807, 2.05) is 6.07 Å². The highest BCUT2D eigenvalue weighted by Gasteiger charge is 2.16. The SMILES string of the molecule is CC(C)(C)CC(Cl)CNCc1cc(F)cc(Br)c1. The van der Waals surface area contributed by atoms with E-state index in [9.17, 15) is 4.39 Å². The average molecular weight is 337 g/mol. The summed E-state index contributed by atoms with van der Waals surface area (Å²) < 4.78 is 13.9. The van der Waals surface area contributed by atoms with Crippen LogP contribution in [0.25, 0.3) is 0 Å². The number of hydrogen-bond acceptors (Lipinski definition) is 1. The second-order valence-corrected chi connectivity index (χ2v) is 7.30. The third-order valence-corrected chi connectivity index (χ3v) is 3.22. The molecule has 1 nitrogen and oxygen atoms in total. The van der Waals surface area contributed by atoms with Gasteiger partial charge in [0, 0.05) is 22.9 Å². The molecule has 0 saturated heterocycles. The van der Waals surface area contributed by atoms with Gasteiger partial charge in [-0.15, -0.1) is 11.6 Å². The predicted octanol–water partition coefficient (Wildman–Crippen LogP) is 4.72. The molecule has 4 heteroatoms. The number of benzene rings is 1. The molecule has 1 N–H and O–H groups in total. The first-order chi connectivity index (χ1) is 8.26. The summed E-state index contributed by atoms with van der Waals surface area (Å²) in [6, 6.07) is 4.89. The van der Waals surface area contributed by atoms with Gasteiger partial charge < -0.3 is 5.32 Å². The van der Waals surface area contributed by atoms with E-state index < -0.39 is 0 Å². The molecule has 0 heterocycles. The zero-order valence-corrected chi connectivity index (χ0v) is 13.4. The molecule has 0 aromatic heterocycles. The molecule has 0 fully saturated rings. The lowest BCUT2D eigenvalue weighted by Crippen LogP contribution is -2.26. The molecule has 1 rings (SSSR count). The van der Waals surface area contributed by atoms with Gasteiger partial charge in [0.1, 0.15) is 5.82 Å². The summed E-state index contributed by atoms with van der Waals surface area (Å²) in [4.78, 5) is 0. The smallest absolute Gasteiger partial charge is 0.124 e. The van der Waals surface area contributed by atoms with Gasteiger partial charge in [-0.1, -0.05) is 36.7 Å². The molecule has 18 heavy (non-hydrogen) atoms. The summed E-state index contributed by atoms with van der Waals surface area (Å²) in [6.07, 6.45) is 0.953. The minimum atomic E-state index is -0.224. The number of rotatable bonds is 5. The number of hydrogen-bond donors (Lipinski definition) is 1. The maximum absolute atomic E-state index is 13.2. The van der Waals surface area contributed by atoms with E-state index in [4.69, 9.17) is 11.6 Å². The lowest BCUT2D eigenvalue weighted by Gasteiger charge is -2.22. The zero-order chi connectivity index (χ0) is 13.8. The first kappa shape index (κ1) is 15.9. The molecular weight excluding hydrogens is 317 g/mol. The van der Waals surface area contributed by atoms with Crippen LogP contribution in [0.4, 0.5) is 4.39 Å². The van der Waals surface area contributed by atoms with Crippen LogP contribution in [0.3, 0.4) is 0 Å². The Morgan fingerprint density at radius 2 is 2.00 bits per heavy atom. The largest absolute Gasteiger partial charge is 0.311 e. The fourth-order valence-corrected chi connectivity index (χ4v) is 2.91. The molecular formula is C14H20BrClFN. The summed E-state index contributed by atoms with van der Waals surface area (Å²) in [7, 11) is 0. The van der Waals surface area contributed by atoms with E-state index in [0.29, 0.717) is 6.54 Å². The first-order valence-electron chi connectivity index (χ1n) is 6.06. The standard InChI is InChI=1S/C14H20BrClFN/c1-14(2,3)7-12(16)9-18-8-10-4-11(15)6-13(17)5-10/h4-6,12,18H,7-9H2,1-3H3. The van der Waals surface area contributed by atoms with Gasteiger partial charge in [-0.3, -0.25) is 0 Å². The van der Waals surface area contributed by atoms with Crippen LogP contribution < -0.4 is 5.32 Å². The van der Waals surface area contributed by atoms with E-state index in [2.05, 4.69) is 42.0 Å². The van der Waals surface area contributed by atoms with Crippen molar-refractivity contribution < 1.29 is 4.39 Å². The Morgan fingerprint density at radius 3 is 2.56 bits per heavy atom. The van der Waals surface area contributed by atoms with Crippen molar-refractivity contribution in [3.63, 3.8) is 0 Å². The predicted molar refractivity (Wildman–Crippen MR) is 79.5 cm³/mol. The van der Waals surface area contributed by atoms with E-state index in [1.54, 1.807) is 0 Å². The molecule has 0 bridgehead atoms. The third-order valence-electron chi connectivity index (χ3n) is 2.45. The molecule has 0 aliphatic heterocycles. The van der Waals surface area contributed by atoms with Crippen LogP contribution >= 0.6 is 27.5 Å². The highest BCUT2D eigenvalue weighted by molar-refractivity contribution is 9.10. The van der Waals surface area contributed by atoms with Crippen LogP contribution in [0, 0.1) is 11.2 Å². The van der Waals surface area contributed by atoms with Crippen molar-refractivity contribution in [2.75, 3.05) is 6.54 Å². The van der Waals surface area contributed by atoms with Gasteiger partial charge in [-0.05, 0) is 35.6 Å². The van der Waals surface area contributed by atoms with E-state index >= 15 is 0 Å². The molecule has 0 radical (unpaired) electrons. The molecule has 1 aromatic rings. The number of nitrogens with one attached hydrogen (secondary N) is 1. The summed E-state index contributed by atoms with van der Waals surface area (Å²) in [5, 5.41) is 3.36. The molecule has 1 unspecified atom stereocenters. The van der Waals surface area contributed by atoms with Gasteiger partial charge in [0.05, 0.1) is 0 Å². The Kier molecular flexibility index (Phi) is 6.09. The van der Waals surface area contributed by atoms with Gasteiger partial charge in [0.25, 0.3) is 0 Å². The Hall–Kier alpha value is -0.120. The molecule has 0 amide bonds. The quantitative estimate of drug-likeness (QED) is 0.767. The average Bonchev–Trinajstić information content (AvgIpc) is 2.12. The topological polar surface area (TPSA) is 12.0 Å². The highest BCUT2D eigenvalue weighted by atomic mass is 79.9. The van der Waals surface area contributed by atoms with Crippen molar-refractivity contribution in [1.82, 2.24) is 5.32 Å². The van der Waals surface area contributed by atoms with Gasteiger partial charge in [-0.25, -0.2) is 4.39 Å². The Bertz CT molecular complexity index is 370. The number of halogens is 3. The fraction of sp³-hybridized carbons (Fsp3) is 0.571. The molecule has 0 saturated carbocycles. The lowest BCUT2D eigenvalue weighted by atomic mass is 9.90. The zero-order valence-electron chi connectivity index (χ0n) is 11.1. The normalized spacial score (nSPS) is 13.7. The van der Waals surface area contributed by atoms with Crippen molar-refractivity contribution in [3.8, 4) is 0 Å². The maximum atomic E-state index is 13.2. The minimum absolute atomic E-state index is 0.0991. The molecule has 0 aliphatic carbocycles. The highest BCUT2D eigenvalue weighted by Crippen LogP contribution is 2.23. The van der Waals surface area contributed by atoms with Gasteiger partial charge in [-0.2, -0.15) is 0 Å². The monoisotopic (exact) mass is 335 g/mol. The Labute approximate surface area is 122 Å². The summed E-state index contributed by atoms with van der Waals surface area (Å²) in [6.45, 7) is 7.88. The van der Waals surface area contributed by atoms with E-state index in [1.165, 1.54) is 12.1 Å². The number of alkyl halides is 1. The molecule has 0 aliphatic rings. The van der Waals surface area contributed by atoms with Crippen molar-refractivity contribution in [2.24, 2.45) is 5.41 Å². The summed E-state index contributed by atoms with van der Waals surface area (Å²) in [5.41, 5.74) is 1.15. The van der Waals surface area contributed by atoms with Crippen LogP contribution in [0.5, 0.6) is 0 Å². The third kappa shape index (κ3) is 6.72. The van der Waals surface area contributed by atoms with Crippen LogP contribution in [-0.2, 0) is 6.54 Å². The van der Waals surface area contributed by atoms with Crippen molar-refractivity contribution in [2.45, 2.75) is 39.1 Å². The first-order valence-corrected chi connectivity index (χ1v) is 7.29. The van der Waals surface area contributed by atoms with Crippen molar-refractivity contribution >= 4 is 27.5 Å². The van der Waals surface area contributed by atoms with E-state index in [-0.39, 0.29) is 16.6 Å².